The van der Waals surface area contributed by atoms with E-state index in [1.165, 1.54) is 19.3 Å². The van der Waals surface area contributed by atoms with E-state index in [-0.39, 0.29) is 0 Å². The minimum atomic E-state index is 0.436. The second-order valence-electron chi connectivity index (χ2n) is 3.48. The second kappa shape index (κ2) is 6.17. The maximum absolute atomic E-state index is 5.65. The van der Waals surface area contributed by atoms with E-state index in [0.29, 0.717) is 12.7 Å². The molecule has 0 fully saturated rings. The SMILES string of the molecule is CCC1=CCC(OCCOC)CC1. The first-order valence-electron chi connectivity index (χ1n) is 5.15. The Kier molecular flexibility index (Phi) is 5.09. The maximum atomic E-state index is 5.65. The molecule has 0 bridgehead atoms. The van der Waals surface area contributed by atoms with Crippen molar-refractivity contribution in [2.24, 2.45) is 0 Å². The van der Waals surface area contributed by atoms with Gasteiger partial charge >= 0.3 is 0 Å². The molecule has 0 N–H and O–H groups in total. The van der Waals surface area contributed by atoms with Crippen LogP contribution in [0.15, 0.2) is 11.6 Å². The minimum absolute atomic E-state index is 0.436. The summed E-state index contributed by atoms with van der Waals surface area (Å²) in [5.41, 5.74) is 1.59. The van der Waals surface area contributed by atoms with E-state index >= 15 is 0 Å². The van der Waals surface area contributed by atoms with Crippen LogP contribution in [-0.4, -0.2) is 26.4 Å². The molecule has 1 unspecified atom stereocenters. The highest BCUT2D eigenvalue weighted by Gasteiger charge is 2.13. The lowest BCUT2D eigenvalue weighted by molar-refractivity contribution is 0.0127. The number of hydrogen-bond donors (Lipinski definition) is 0. The normalized spacial score (nSPS) is 22.9. The molecule has 2 nitrogen and oxygen atoms in total. The Labute approximate surface area is 80.9 Å². The molecule has 1 atom stereocenters. The van der Waals surface area contributed by atoms with Gasteiger partial charge in [0.05, 0.1) is 19.3 Å². The zero-order valence-electron chi connectivity index (χ0n) is 8.71. The van der Waals surface area contributed by atoms with Crippen LogP contribution in [-0.2, 0) is 9.47 Å². The molecule has 0 aromatic heterocycles. The van der Waals surface area contributed by atoms with Gasteiger partial charge in [0.15, 0.2) is 0 Å². The molecule has 2 heteroatoms. The van der Waals surface area contributed by atoms with Crippen molar-refractivity contribution in [2.75, 3.05) is 20.3 Å². The molecule has 0 saturated heterocycles. The first-order chi connectivity index (χ1) is 6.36. The van der Waals surface area contributed by atoms with Crippen molar-refractivity contribution in [1.29, 1.82) is 0 Å². The molecule has 0 saturated carbocycles. The number of rotatable bonds is 5. The van der Waals surface area contributed by atoms with Crippen molar-refractivity contribution in [2.45, 2.75) is 38.7 Å². The first kappa shape index (κ1) is 10.7. The third kappa shape index (κ3) is 3.92. The number of ether oxygens (including phenoxy) is 2. The molecule has 1 aliphatic carbocycles. The summed E-state index contributed by atoms with van der Waals surface area (Å²) < 4.78 is 10.6. The fourth-order valence-corrected chi connectivity index (χ4v) is 1.64. The van der Waals surface area contributed by atoms with Crippen molar-refractivity contribution in [3.05, 3.63) is 11.6 Å². The van der Waals surface area contributed by atoms with E-state index in [1.54, 1.807) is 12.7 Å². The lowest BCUT2D eigenvalue weighted by Crippen LogP contribution is -2.18. The lowest BCUT2D eigenvalue weighted by atomic mass is 9.95. The van der Waals surface area contributed by atoms with Crippen LogP contribution < -0.4 is 0 Å². The van der Waals surface area contributed by atoms with Crippen molar-refractivity contribution in [3.8, 4) is 0 Å². The van der Waals surface area contributed by atoms with Gasteiger partial charge in [-0.25, -0.2) is 0 Å². The minimum Gasteiger partial charge on any atom is -0.382 e. The lowest BCUT2D eigenvalue weighted by Gasteiger charge is -2.21. The third-order valence-corrected chi connectivity index (χ3v) is 2.55. The molecule has 0 amide bonds. The van der Waals surface area contributed by atoms with E-state index in [2.05, 4.69) is 13.0 Å². The standard InChI is InChI=1S/C11H20O2/c1-3-10-4-6-11(7-5-10)13-9-8-12-2/h4,11H,3,5-9H2,1-2H3. The predicted octanol–water partition coefficient (Wildman–Crippen LogP) is 2.54. The fraction of sp³-hybridized carbons (Fsp3) is 0.818. The quantitative estimate of drug-likeness (QED) is 0.483. The van der Waals surface area contributed by atoms with Gasteiger partial charge in [0.2, 0.25) is 0 Å². The molecule has 1 rings (SSSR count). The van der Waals surface area contributed by atoms with E-state index < -0.39 is 0 Å². The summed E-state index contributed by atoms with van der Waals surface area (Å²) >= 11 is 0. The Balaban J connectivity index is 2.14. The molecular formula is C11H20O2. The summed E-state index contributed by atoms with van der Waals surface area (Å²) in [5.74, 6) is 0. The monoisotopic (exact) mass is 184 g/mol. The van der Waals surface area contributed by atoms with Crippen molar-refractivity contribution in [1.82, 2.24) is 0 Å². The molecule has 1 aliphatic rings. The average Bonchev–Trinajstić information content (AvgIpc) is 2.19. The zero-order chi connectivity index (χ0) is 9.52. The molecular weight excluding hydrogens is 164 g/mol. The highest BCUT2D eigenvalue weighted by atomic mass is 16.5. The molecule has 0 radical (unpaired) electrons. The van der Waals surface area contributed by atoms with Gasteiger partial charge in [-0.15, -0.1) is 0 Å². The summed E-state index contributed by atoms with van der Waals surface area (Å²) in [7, 11) is 1.71. The van der Waals surface area contributed by atoms with Crippen LogP contribution in [0, 0.1) is 0 Å². The van der Waals surface area contributed by atoms with Crippen molar-refractivity contribution < 1.29 is 9.47 Å². The van der Waals surface area contributed by atoms with Crippen LogP contribution >= 0.6 is 0 Å². The number of hydrogen-bond acceptors (Lipinski definition) is 2. The summed E-state index contributed by atoms with van der Waals surface area (Å²) in [6.07, 6.45) is 7.46. The Bertz CT molecular complexity index is 163. The Morgan fingerprint density at radius 3 is 2.85 bits per heavy atom. The zero-order valence-corrected chi connectivity index (χ0v) is 8.71. The Hall–Kier alpha value is -0.340. The van der Waals surface area contributed by atoms with Crippen LogP contribution in [0.5, 0.6) is 0 Å². The fourth-order valence-electron chi connectivity index (χ4n) is 1.64. The number of methoxy groups -OCH3 is 1. The highest BCUT2D eigenvalue weighted by molar-refractivity contribution is 5.06. The summed E-state index contributed by atoms with van der Waals surface area (Å²) in [6, 6.07) is 0. The smallest absolute Gasteiger partial charge is 0.0704 e. The van der Waals surface area contributed by atoms with Crippen LogP contribution in [0.25, 0.3) is 0 Å². The van der Waals surface area contributed by atoms with E-state index in [0.717, 1.165) is 13.0 Å². The van der Waals surface area contributed by atoms with E-state index in [4.69, 9.17) is 9.47 Å². The molecule has 0 heterocycles. The first-order valence-corrected chi connectivity index (χ1v) is 5.15. The van der Waals surface area contributed by atoms with Gasteiger partial charge in [0.1, 0.15) is 0 Å². The molecule has 0 aliphatic heterocycles. The topological polar surface area (TPSA) is 18.5 Å². The van der Waals surface area contributed by atoms with Gasteiger partial charge < -0.3 is 9.47 Å². The molecule has 0 aromatic rings. The molecule has 13 heavy (non-hydrogen) atoms. The van der Waals surface area contributed by atoms with Crippen LogP contribution in [0.4, 0.5) is 0 Å². The number of allylic oxidation sites excluding steroid dienone is 1. The summed E-state index contributed by atoms with van der Waals surface area (Å²) in [6.45, 7) is 3.66. The molecule has 0 spiro atoms. The average molecular weight is 184 g/mol. The third-order valence-electron chi connectivity index (χ3n) is 2.55. The van der Waals surface area contributed by atoms with Crippen LogP contribution in [0.2, 0.25) is 0 Å². The van der Waals surface area contributed by atoms with Gasteiger partial charge in [-0.05, 0) is 25.7 Å². The van der Waals surface area contributed by atoms with E-state index in [1.807, 2.05) is 0 Å². The largest absolute Gasteiger partial charge is 0.382 e. The molecule has 0 aromatic carbocycles. The molecule has 76 valence electrons. The van der Waals surface area contributed by atoms with Crippen molar-refractivity contribution >= 4 is 0 Å². The van der Waals surface area contributed by atoms with Gasteiger partial charge in [0.25, 0.3) is 0 Å². The summed E-state index contributed by atoms with van der Waals surface area (Å²) in [5, 5.41) is 0. The predicted molar refractivity (Wildman–Crippen MR) is 53.8 cm³/mol. The van der Waals surface area contributed by atoms with Crippen LogP contribution in [0.1, 0.15) is 32.6 Å². The van der Waals surface area contributed by atoms with Gasteiger partial charge in [-0.2, -0.15) is 0 Å². The van der Waals surface area contributed by atoms with Gasteiger partial charge in [0, 0.05) is 7.11 Å². The second-order valence-corrected chi connectivity index (χ2v) is 3.48. The summed E-state index contributed by atoms with van der Waals surface area (Å²) in [4.78, 5) is 0. The van der Waals surface area contributed by atoms with Crippen LogP contribution in [0.3, 0.4) is 0 Å². The Morgan fingerprint density at radius 2 is 2.31 bits per heavy atom. The van der Waals surface area contributed by atoms with Gasteiger partial charge in [-0.3, -0.25) is 0 Å². The van der Waals surface area contributed by atoms with E-state index in [9.17, 15) is 0 Å². The van der Waals surface area contributed by atoms with Gasteiger partial charge in [-0.1, -0.05) is 18.6 Å². The van der Waals surface area contributed by atoms with Crippen molar-refractivity contribution in [3.63, 3.8) is 0 Å². The Morgan fingerprint density at radius 1 is 1.46 bits per heavy atom. The highest BCUT2D eigenvalue weighted by Crippen LogP contribution is 2.22. The maximum Gasteiger partial charge on any atom is 0.0704 e.